The fourth-order valence-corrected chi connectivity index (χ4v) is 2.96. The molecule has 3 N–H and O–H groups in total. The lowest BCUT2D eigenvalue weighted by Crippen LogP contribution is -2.41. The summed E-state index contributed by atoms with van der Waals surface area (Å²) in [5, 5.41) is 9.26. The number of nitrogens with one attached hydrogen (secondary N) is 3. The maximum Gasteiger partial charge on any atom is 0.253 e. The van der Waals surface area contributed by atoms with Gasteiger partial charge in [0.1, 0.15) is 17.2 Å². The molecule has 0 radical (unpaired) electrons. The molecule has 1 unspecified atom stereocenters. The molecule has 0 aliphatic heterocycles. The molecule has 0 amide bonds. The van der Waals surface area contributed by atoms with Crippen molar-refractivity contribution in [3.8, 4) is 5.69 Å². The summed E-state index contributed by atoms with van der Waals surface area (Å²) >= 11 is 0. The molecule has 9 nitrogen and oxygen atoms in total. The number of imidazole rings is 1. The zero-order valence-corrected chi connectivity index (χ0v) is 18.4. The Morgan fingerprint density at radius 3 is 2.31 bits per heavy atom. The summed E-state index contributed by atoms with van der Waals surface area (Å²) < 4.78 is 1.90. The summed E-state index contributed by atoms with van der Waals surface area (Å²) in [6.07, 6.45) is 6.90. The molecule has 2 aromatic carbocycles. The molecule has 164 valence electrons. The minimum absolute atomic E-state index is 0.000676. The fraction of sp³-hybridized carbons (Fsp3) is 0.261. The molecule has 0 saturated carbocycles. The van der Waals surface area contributed by atoms with Gasteiger partial charge >= 0.3 is 0 Å². The predicted molar refractivity (Wildman–Crippen MR) is 126 cm³/mol. The lowest BCUT2D eigenvalue weighted by atomic mass is 9.87. The third-order valence-corrected chi connectivity index (χ3v) is 5.40. The maximum atomic E-state index is 12.1. The van der Waals surface area contributed by atoms with Crippen molar-refractivity contribution < 1.29 is 0 Å². The molecule has 0 spiro atoms. The summed E-state index contributed by atoms with van der Waals surface area (Å²) in [5.41, 5.74) is 1.15. The standard InChI is InChI=1S/C23H25N7O2/c1-14(23(2,3)4)26-18-19(21(32)20(18)31)28-17-9-10-25-22(29-17)27-15-5-7-16(8-6-15)30-12-11-24-13-30/h5-14,26H,1-4H3,(H2,25,27,28,29). The van der Waals surface area contributed by atoms with Gasteiger partial charge in [-0.2, -0.15) is 4.98 Å². The van der Waals surface area contributed by atoms with Gasteiger partial charge in [0.05, 0.1) is 6.33 Å². The molecule has 9 heteroatoms. The van der Waals surface area contributed by atoms with E-state index in [4.69, 9.17) is 0 Å². The highest BCUT2D eigenvalue weighted by Gasteiger charge is 2.27. The van der Waals surface area contributed by atoms with Crippen molar-refractivity contribution in [1.29, 1.82) is 0 Å². The zero-order valence-electron chi connectivity index (χ0n) is 18.4. The van der Waals surface area contributed by atoms with Crippen molar-refractivity contribution in [2.24, 2.45) is 5.41 Å². The minimum Gasteiger partial charge on any atom is -0.377 e. The molecule has 0 bridgehead atoms. The summed E-state index contributed by atoms with van der Waals surface area (Å²) in [7, 11) is 0. The summed E-state index contributed by atoms with van der Waals surface area (Å²) in [4.78, 5) is 36.9. The molecule has 32 heavy (non-hydrogen) atoms. The molecule has 2 heterocycles. The van der Waals surface area contributed by atoms with E-state index in [9.17, 15) is 9.59 Å². The van der Waals surface area contributed by atoms with Gasteiger partial charge < -0.3 is 20.5 Å². The van der Waals surface area contributed by atoms with Gasteiger partial charge in [-0.3, -0.25) is 9.59 Å². The van der Waals surface area contributed by atoms with Crippen LogP contribution in [0.1, 0.15) is 27.7 Å². The Bertz CT molecular complexity index is 1280. The number of aromatic nitrogens is 4. The highest BCUT2D eigenvalue weighted by atomic mass is 16.2. The van der Waals surface area contributed by atoms with E-state index in [0.717, 1.165) is 11.4 Å². The molecule has 0 aliphatic rings. The van der Waals surface area contributed by atoms with E-state index in [2.05, 4.69) is 51.7 Å². The first kappa shape index (κ1) is 21.2. The first-order valence-electron chi connectivity index (χ1n) is 10.3. The van der Waals surface area contributed by atoms with Crippen LogP contribution in [0.2, 0.25) is 0 Å². The van der Waals surface area contributed by atoms with Crippen molar-refractivity contribution in [2.45, 2.75) is 33.7 Å². The summed E-state index contributed by atoms with van der Waals surface area (Å²) in [5.74, 6) is 0.776. The zero-order chi connectivity index (χ0) is 22.9. The van der Waals surface area contributed by atoms with Gasteiger partial charge in [-0.05, 0) is 42.7 Å². The first-order valence-corrected chi connectivity index (χ1v) is 10.3. The topological polar surface area (TPSA) is 114 Å². The maximum absolute atomic E-state index is 12.1. The Hall–Kier alpha value is -4.01. The molecule has 0 aliphatic carbocycles. The number of benzene rings is 1. The van der Waals surface area contributed by atoms with Crippen molar-refractivity contribution in [3.63, 3.8) is 0 Å². The Labute approximate surface area is 185 Å². The molecule has 1 atom stereocenters. The molecule has 4 rings (SSSR count). The average molecular weight is 432 g/mol. The van der Waals surface area contributed by atoms with Gasteiger partial charge in [0, 0.05) is 36.0 Å². The Balaban J connectivity index is 1.48. The van der Waals surface area contributed by atoms with Crippen molar-refractivity contribution >= 4 is 28.8 Å². The van der Waals surface area contributed by atoms with E-state index in [1.165, 1.54) is 0 Å². The molecule has 0 fully saturated rings. The second-order valence-electron chi connectivity index (χ2n) is 8.67. The van der Waals surface area contributed by atoms with Crippen LogP contribution in [0.15, 0.2) is 64.8 Å². The monoisotopic (exact) mass is 431 g/mol. The van der Waals surface area contributed by atoms with Crippen LogP contribution < -0.4 is 26.8 Å². The number of anilines is 5. The highest BCUT2D eigenvalue weighted by Crippen LogP contribution is 2.26. The van der Waals surface area contributed by atoms with Crippen LogP contribution in [0.5, 0.6) is 0 Å². The van der Waals surface area contributed by atoms with E-state index in [0.29, 0.717) is 17.5 Å². The molecular formula is C23H25N7O2. The SMILES string of the molecule is CC(Nc1c(Nc2ccnc(Nc3ccc(-n4ccnc4)cc3)n2)c(=O)c1=O)C(C)(C)C. The fourth-order valence-electron chi connectivity index (χ4n) is 2.96. The lowest BCUT2D eigenvalue weighted by Gasteiger charge is -2.30. The van der Waals surface area contributed by atoms with Crippen LogP contribution in [0.3, 0.4) is 0 Å². The van der Waals surface area contributed by atoms with Gasteiger partial charge in [0.25, 0.3) is 10.9 Å². The first-order chi connectivity index (χ1) is 15.2. The second kappa shape index (κ2) is 8.26. The lowest BCUT2D eigenvalue weighted by molar-refractivity contribution is 0.359. The van der Waals surface area contributed by atoms with Gasteiger partial charge in [-0.15, -0.1) is 0 Å². The molecule has 4 aromatic rings. The highest BCUT2D eigenvalue weighted by molar-refractivity contribution is 5.78. The smallest absolute Gasteiger partial charge is 0.253 e. The Morgan fingerprint density at radius 1 is 0.938 bits per heavy atom. The van der Waals surface area contributed by atoms with Crippen molar-refractivity contribution in [3.05, 3.63) is 75.7 Å². The summed E-state index contributed by atoms with van der Waals surface area (Å²) in [6.45, 7) is 8.17. The number of rotatable bonds is 7. The minimum atomic E-state index is -0.558. The van der Waals surface area contributed by atoms with E-state index in [-0.39, 0.29) is 17.1 Å². The van der Waals surface area contributed by atoms with Crippen LogP contribution in [0.25, 0.3) is 5.69 Å². The number of nitrogens with zero attached hydrogens (tertiary/aromatic N) is 4. The third kappa shape index (κ3) is 4.36. The van der Waals surface area contributed by atoms with E-state index in [1.54, 1.807) is 24.8 Å². The summed E-state index contributed by atoms with van der Waals surface area (Å²) in [6, 6.07) is 9.35. The predicted octanol–water partition coefficient (Wildman–Crippen LogP) is 3.59. The largest absolute Gasteiger partial charge is 0.377 e. The van der Waals surface area contributed by atoms with Crippen molar-refractivity contribution in [2.75, 3.05) is 16.0 Å². The normalized spacial score (nSPS) is 12.5. The van der Waals surface area contributed by atoms with Crippen molar-refractivity contribution in [1.82, 2.24) is 19.5 Å². The number of hydrogen-bond donors (Lipinski definition) is 3. The van der Waals surface area contributed by atoms with Gasteiger partial charge in [0.15, 0.2) is 0 Å². The molecular weight excluding hydrogens is 406 g/mol. The Morgan fingerprint density at radius 2 is 1.66 bits per heavy atom. The quantitative estimate of drug-likeness (QED) is 0.381. The van der Waals surface area contributed by atoms with Crippen LogP contribution in [0.4, 0.5) is 28.8 Å². The van der Waals surface area contributed by atoms with Crippen LogP contribution in [-0.4, -0.2) is 25.6 Å². The van der Waals surface area contributed by atoms with Gasteiger partial charge in [0.2, 0.25) is 5.95 Å². The molecule has 0 saturated heterocycles. The molecule has 2 aromatic heterocycles. The van der Waals surface area contributed by atoms with E-state index >= 15 is 0 Å². The average Bonchev–Trinajstić information content (AvgIpc) is 3.31. The van der Waals surface area contributed by atoms with E-state index < -0.39 is 10.9 Å². The third-order valence-electron chi connectivity index (χ3n) is 5.40. The van der Waals surface area contributed by atoms with E-state index in [1.807, 2.05) is 42.0 Å². The van der Waals surface area contributed by atoms with Crippen LogP contribution in [0, 0.1) is 5.41 Å². The number of hydrogen-bond acceptors (Lipinski definition) is 8. The Kier molecular flexibility index (Phi) is 5.48. The second-order valence-corrected chi connectivity index (χ2v) is 8.67. The van der Waals surface area contributed by atoms with Crippen LogP contribution in [-0.2, 0) is 0 Å². The van der Waals surface area contributed by atoms with Crippen LogP contribution >= 0.6 is 0 Å². The van der Waals surface area contributed by atoms with Gasteiger partial charge in [-0.25, -0.2) is 9.97 Å². The van der Waals surface area contributed by atoms with Gasteiger partial charge in [-0.1, -0.05) is 20.8 Å².